The van der Waals surface area contributed by atoms with Crippen LogP contribution in [-0.2, 0) is 0 Å². The Morgan fingerprint density at radius 2 is 1.06 bits per heavy atom. The van der Waals surface area contributed by atoms with E-state index < -0.39 is 0 Å². The summed E-state index contributed by atoms with van der Waals surface area (Å²) in [7, 11) is 4.44. The minimum Gasteiger partial charge on any atom is -0.317 e. The van der Waals surface area contributed by atoms with Crippen LogP contribution in [0.1, 0.15) is 26.7 Å². The minimum atomic E-state index is 1.08. The van der Waals surface area contributed by atoms with Crippen LogP contribution in [0.5, 0.6) is 0 Å². The summed E-state index contributed by atoms with van der Waals surface area (Å²) in [6, 6.07) is 0. The van der Waals surface area contributed by atoms with Gasteiger partial charge in [0.15, 0.2) is 0 Å². The van der Waals surface area contributed by atoms with Gasteiger partial charge in [-0.15, -0.1) is 0 Å². The molecule has 0 saturated heterocycles. The molecule has 0 spiro atoms. The zero-order chi connectivity index (χ0) is 13.6. The van der Waals surface area contributed by atoms with Gasteiger partial charge in [-0.05, 0) is 66.2 Å². The van der Waals surface area contributed by atoms with Crippen LogP contribution >= 0.6 is 0 Å². The molecule has 0 radical (unpaired) electrons. The third-order valence-electron chi connectivity index (χ3n) is 3.15. The van der Waals surface area contributed by atoms with E-state index in [0.717, 1.165) is 26.2 Å². The standard InChI is InChI=1S/C14H34N4/c1-5-15-9-7-11-17(3)13-14-18(4)12-8-10-16-6-2/h15-16H,5-14H2,1-4H3. The van der Waals surface area contributed by atoms with Crippen LogP contribution in [0.25, 0.3) is 0 Å². The predicted molar refractivity (Wildman–Crippen MR) is 81.3 cm³/mol. The van der Waals surface area contributed by atoms with Crippen LogP contribution < -0.4 is 10.6 Å². The van der Waals surface area contributed by atoms with E-state index in [1.807, 2.05) is 0 Å². The third-order valence-corrected chi connectivity index (χ3v) is 3.15. The fourth-order valence-electron chi connectivity index (χ4n) is 1.87. The van der Waals surface area contributed by atoms with E-state index in [4.69, 9.17) is 0 Å². The average molecular weight is 258 g/mol. The summed E-state index contributed by atoms with van der Waals surface area (Å²) in [5.41, 5.74) is 0. The summed E-state index contributed by atoms with van der Waals surface area (Å²) in [6.07, 6.45) is 2.49. The highest BCUT2D eigenvalue weighted by atomic mass is 15.2. The lowest BCUT2D eigenvalue weighted by molar-refractivity contribution is 0.252. The van der Waals surface area contributed by atoms with E-state index in [9.17, 15) is 0 Å². The summed E-state index contributed by atoms with van der Waals surface area (Å²) in [6.45, 7) is 13.5. The first-order valence-corrected chi connectivity index (χ1v) is 7.49. The first-order valence-electron chi connectivity index (χ1n) is 7.49. The fourth-order valence-corrected chi connectivity index (χ4v) is 1.87. The fraction of sp³-hybridized carbons (Fsp3) is 1.00. The summed E-state index contributed by atoms with van der Waals surface area (Å²) in [5, 5.41) is 6.73. The van der Waals surface area contributed by atoms with E-state index in [-0.39, 0.29) is 0 Å². The first-order chi connectivity index (χ1) is 8.70. The van der Waals surface area contributed by atoms with Crippen LogP contribution in [0, 0.1) is 0 Å². The van der Waals surface area contributed by atoms with Gasteiger partial charge in [-0.25, -0.2) is 0 Å². The largest absolute Gasteiger partial charge is 0.317 e. The van der Waals surface area contributed by atoms with E-state index in [2.05, 4.69) is 48.4 Å². The lowest BCUT2D eigenvalue weighted by atomic mass is 10.3. The molecule has 0 fully saturated rings. The van der Waals surface area contributed by atoms with Gasteiger partial charge in [0.25, 0.3) is 0 Å². The molecule has 110 valence electrons. The number of likely N-dealkylation sites (N-methyl/N-ethyl adjacent to an activating group) is 2. The number of rotatable bonds is 13. The Morgan fingerprint density at radius 3 is 1.39 bits per heavy atom. The van der Waals surface area contributed by atoms with E-state index in [1.165, 1.54) is 39.0 Å². The Balaban J connectivity index is 3.32. The van der Waals surface area contributed by atoms with Gasteiger partial charge in [-0.1, -0.05) is 13.8 Å². The molecule has 4 heteroatoms. The van der Waals surface area contributed by atoms with Crippen molar-refractivity contribution in [2.45, 2.75) is 26.7 Å². The lowest BCUT2D eigenvalue weighted by Crippen LogP contribution is -2.33. The SMILES string of the molecule is CCNCCCN(C)CCN(C)CCCNCC. The summed E-state index contributed by atoms with van der Waals surface area (Å²) >= 11 is 0. The third kappa shape index (κ3) is 12.3. The Bertz CT molecular complexity index is 146. The molecular formula is C14H34N4. The highest BCUT2D eigenvalue weighted by Gasteiger charge is 2.01. The van der Waals surface area contributed by atoms with Crippen molar-refractivity contribution in [1.29, 1.82) is 0 Å². The highest BCUT2D eigenvalue weighted by molar-refractivity contribution is 4.59. The number of hydrogen-bond acceptors (Lipinski definition) is 4. The molecule has 18 heavy (non-hydrogen) atoms. The monoisotopic (exact) mass is 258 g/mol. The molecule has 0 bridgehead atoms. The molecule has 0 aliphatic rings. The Kier molecular flexibility index (Phi) is 13.2. The topological polar surface area (TPSA) is 30.5 Å². The molecule has 0 rings (SSSR count). The zero-order valence-corrected chi connectivity index (χ0v) is 13.0. The summed E-state index contributed by atoms with van der Waals surface area (Å²) < 4.78 is 0. The maximum absolute atomic E-state index is 3.36. The summed E-state index contributed by atoms with van der Waals surface area (Å²) in [4.78, 5) is 4.86. The zero-order valence-electron chi connectivity index (χ0n) is 13.0. The number of hydrogen-bond donors (Lipinski definition) is 2. The Morgan fingerprint density at radius 1 is 0.667 bits per heavy atom. The van der Waals surface area contributed by atoms with Gasteiger partial charge in [0.1, 0.15) is 0 Å². The summed E-state index contributed by atoms with van der Waals surface area (Å²) in [5.74, 6) is 0. The number of nitrogens with one attached hydrogen (secondary N) is 2. The molecule has 0 amide bonds. The van der Waals surface area contributed by atoms with Crippen molar-refractivity contribution in [3.05, 3.63) is 0 Å². The van der Waals surface area contributed by atoms with E-state index in [0.29, 0.717) is 0 Å². The highest BCUT2D eigenvalue weighted by Crippen LogP contribution is 1.91. The molecule has 0 aliphatic carbocycles. The second-order valence-corrected chi connectivity index (χ2v) is 5.02. The van der Waals surface area contributed by atoms with E-state index >= 15 is 0 Å². The molecule has 4 nitrogen and oxygen atoms in total. The molecule has 0 heterocycles. The number of nitrogens with zero attached hydrogens (tertiary/aromatic N) is 2. The van der Waals surface area contributed by atoms with Crippen molar-refractivity contribution in [3.63, 3.8) is 0 Å². The maximum atomic E-state index is 3.36. The van der Waals surface area contributed by atoms with Gasteiger partial charge in [0, 0.05) is 13.1 Å². The maximum Gasteiger partial charge on any atom is 0.0106 e. The van der Waals surface area contributed by atoms with Crippen molar-refractivity contribution in [3.8, 4) is 0 Å². The van der Waals surface area contributed by atoms with Crippen LogP contribution in [0.3, 0.4) is 0 Å². The van der Waals surface area contributed by atoms with Gasteiger partial charge >= 0.3 is 0 Å². The normalized spacial score (nSPS) is 11.7. The molecule has 0 aromatic rings. The van der Waals surface area contributed by atoms with Gasteiger partial charge in [0.2, 0.25) is 0 Å². The lowest BCUT2D eigenvalue weighted by Gasteiger charge is -2.22. The average Bonchev–Trinajstić information content (AvgIpc) is 2.37. The second-order valence-electron chi connectivity index (χ2n) is 5.02. The van der Waals surface area contributed by atoms with Crippen LogP contribution in [-0.4, -0.2) is 76.3 Å². The molecule has 0 unspecified atom stereocenters. The van der Waals surface area contributed by atoms with Gasteiger partial charge in [-0.3, -0.25) is 0 Å². The van der Waals surface area contributed by atoms with Crippen molar-refractivity contribution < 1.29 is 0 Å². The minimum absolute atomic E-state index is 1.08. The van der Waals surface area contributed by atoms with Crippen molar-refractivity contribution in [2.75, 3.05) is 66.5 Å². The molecule has 0 saturated carbocycles. The molecular weight excluding hydrogens is 224 g/mol. The van der Waals surface area contributed by atoms with E-state index in [1.54, 1.807) is 0 Å². The molecule has 0 atom stereocenters. The second kappa shape index (κ2) is 13.3. The van der Waals surface area contributed by atoms with Crippen molar-refractivity contribution in [2.24, 2.45) is 0 Å². The van der Waals surface area contributed by atoms with Gasteiger partial charge < -0.3 is 20.4 Å². The smallest absolute Gasteiger partial charge is 0.0106 e. The van der Waals surface area contributed by atoms with Crippen LogP contribution in [0.4, 0.5) is 0 Å². The van der Waals surface area contributed by atoms with Gasteiger partial charge in [-0.2, -0.15) is 0 Å². The quantitative estimate of drug-likeness (QED) is 0.480. The van der Waals surface area contributed by atoms with Crippen molar-refractivity contribution >= 4 is 0 Å². The molecule has 2 N–H and O–H groups in total. The predicted octanol–water partition coefficient (Wildman–Crippen LogP) is 0.849. The first kappa shape index (κ1) is 17.8. The molecule has 0 aliphatic heterocycles. The van der Waals surface area contributed by atoms with Crippen LogP contribution in [0.15, 0.2) is 0 Å². The van der Waals surface area contributed by atoms with Crippen molar-refractivity contribution in [1.82, 2.24) is 20.4 Å². The molecule has 0 aromatic heterocycles. The molecule has 0 aromatic carbocycles. The van der Waals surface area contributed by atoms with Crippen LogP contribution in [0.2, 0.25) is 0 Å². The van der Waals surface area contributed by atoms with Gasteiger partial charge in [0.05, 0.1) is 0 Å². The Hall–Kier alpha value is -0.160. The Labute approximate surface area is 114 Å².